The Kier molecular flexibility index (Phi) is 5.27. The fraction of sp³-hybridized carbons (Fsp3) is 0.211. The first-order valence-corrected chi connectivity index (χ1v) is 9.08. The lowest BCUT2D eigenvalue weighted by molar-refractivity contribution is -0.705. The SMILES string of the molecule is Cc1ccc(-[n+]2noc([O-])c2SCC(=O)Nc2ccc(C)c(C)c2)cc1. The van der Waals surface area contributed by atoms with Crippen LogP contribution >= 0.6 is 11.8 Å². The molecule has 26 heavy (non-hydrogen) atoms. The van der Waals surface area contributed by atoms with E-state index < -0.39 is 5.95 Å². The first-order chi connectivity index (χ1) is 12.4. The van der Waals surface area contributed by atoms with Gasteiger partial charge in [0.1, 0.15) is 0 Å². The van der Waals surface area contributed by atoms with Crippen molar-refractivity contribution in [1.82, 2.24) is 5.27 Å². The average molecular weight is 369 g/mol. The van der Waals surface area contributed by atoms with E-state index in [4.69, 9.17) is 4.52 Å². The Morgan fingerprint density at radius 2 is 1.88 bits per heavy atom. The number of benzene rings is 2. The van der Waals surface area contributed by atoms with E-state index in [0.717, 1.165) is 34.1 Å². The highest BCUT2D eigenvalue weighted by Gasteiger charge is 2.22. The molecule has 0 fully saturated rings. The molecule has 0 unspecified atom stereocenters. The minimum atomic E-state index is -0.561. The van der Waals surface area contributed by atoms with Crippen LogP contribution in [0.4, 0.5) is 5.69 Å². The maximum Gasteiger partial charge on any atom is 0.298 e. The van der Waals surface area contributed by atoms with Gasteiger partial charge >= 0.3 is 0 Å². The molecular weight excluding hydrogens is 350 g/mol. The van der Waals surface area contributed by atoms with E-state index in [9.17, 15) is 9.90 Å². The van der Waals surface area contributed by atoms with Gasteiger partial charge in [0.15, 0.2) is 5.95 Å². The Labute approximate surface area is 155 Å². The van der Waals surface area contributed by atoms with Crippen LogP contribution in [0.15, 0.2) is 52.0 Å². The number of nitrogens with one attached hydrogen (secondary N) is 1. The lowest BCUT2D eigenvalue weighted by Gasteiger charge is -2.07. The molecule has 1 heterocycles. The van der Waals surface area contributed by atoms with Crippen LogP contribution in [0.2, 0.25) is 0 Å². The number of rotatable bonds is 5. The second-order valence-corrected chi connectivity index (χ2v) is 7.01. The Morgan fingerprint density at radius 3 is 2.58 bits per heavy atom. The Bertz CT molecular complexity index is 936. The monoisotopic (exact) mass is 369 g/mol. The Hall–Kier alpha value is -2.80. The van der Waals surface area contributed by atoms with Gasteiger partial charge in [-0.05, 0) is 60.5 Å². The standard InChI is InChI=1S/C19H19N3O3S/c1-12-4-8-16(9-5-12)22-18(19(24)25-21-22)26-11-17(23)20-15-7-6-13(2)14(3)10-15/h4-10H,11H2,1-3H3,(H-,20,21,23,24). The number of aromatic nitrogens is 2. The third kappa shape index (κ3) is 4.05. The van der Waals surface area contributed by atoms with Crippen LogP contribution in [0, 0.1) is 20.8 Å². The van der Waals surface area contributed by atoms with Gasteiger partial charge in [0.2, 0.25) is 11.6 Å². The molecule has 1 amide bonds. The summed E-state index contributed by atoms with van der Waals surface area (Å²) in [4.78, 5) is 12.2. The van der Waals surface area contributed by atoms with E-state index in [-0.39, 0.29) is 16.7 Å². The summed E-state index contributed by atoms with van der Waals surface area (Å²) in [6, 6.07) is 13.3. The summed E-state index contributed by atoms with van der Waals surface area (Å²) in [6.07, 6.45) is 0. The summed E-state index contributed by atoms with van der Waals surface area (Å²) in [5.41, 5.74) is 4.81. The van der Waals surface area contributed by atoms with Crippen molar-refractivity contribution in [3.8, 4) is 11.6 Å². The third-order valence-electron chi connectivity index (χ3n) is 3.98. The summed E-state index contributed by atoms with van der Waals surface area (Å²) < 4.78 is 6.18. The highest BCUT2D eigenvalue weighted by molar-refractivity contribution is 7.99. The Balaban J connectivity index is 1.69. The number of thioether (sulfide) groups is 1. The van der Waals surface area contributed by atoms with Gasteiger partial charge in [0, 0.05) is 17.8 Å². The van der Waals surface area contributed by atoms with Gasteiger partial charge < -0.3 is 14.9 Å². The van der Waals surface area contributed by atoms with Crippen LogP contribution in [0.25, 0.3) is 5.69 Å². The molecule has 7 heteroatoms. The largest absolute Gasteiger partial charge is 0.538 e. The maximum atomic E-state index is 12.2. The number of hydrogen-bond donors (Lipinski definition) is 1. The highest BCUT2D eigenvalue weighted by Crippen LogP contribution is 2.23. The van der Waals surface area contributed by atoms with E-state index in [1.54, 1.807) is 0 Å². The van der Waals surface area contributed by atoms with Crippen LogP contribution in [-0.4, -0.2) is 16.9 Å². The molecule has 0 saturated heterocycles. The average Bonchev–Trinajstić information content (AvgIpc) is 2.98. The number of nitrogens with zero attached hydrogens (tertiary/aromatic N) is 2. The molecule has 134 valence electrons. The predicted octanol–water partition coefficient (Wildman–Crippen LogP) is 2.68. The summed E-state index contributed by atoms with van der Waals surface area (Å²) in [6.45, 7) is 5.98. The second kappa shape index (κ2) is 7.61. The van der Waals surface area contributed by atoms with Crippen molar-refractivity contribution >= 4 is 23.4 Å². The van der Waals surface area contributed by atoms with Gasteiger partial charge in [0.05, 0.1) is 11.0 Å². The molecule has 6 nitrogen and oxygen atoms in total. The molecule has 0 aliphatic carbocycles. The highest BCUT2D eigenvalue weighted by atomic mass is 32.2. The minimum Gasteiger partial charge on any atom is -0.538 e. The van der Waals surface area contributed by atoms with Crippen molar-refractivity contribution in [2.75, 3.05) is 11.1 Å². The first kappa shape index (κ1) is 18.0. The molecule has 0 aliphatic heterocycles. The van der Waals surface area contributed by atoms with Crippen LogP contribution in [0.3, 0.4) is 0 Å². The lowest BCUT2D eigenvalue weighted by Crippen LogP contribution is -2.35. The number of amides is 1. The molecule has 0 radical (unpaired) electrons. The van der Waals surface area contributed by atoms with Crippen LogP contribution in [-0.2, 0) is 4.79 Å². The summed E-state index contributed by atoms with van der Waals surface area (Å²) in [5, 5.41) is 18.8. The molecule has 0 saturated carbocycles. The number of carbonyl (C=O) groups excluding carboxylic acids is 1. The van der Waals surface area contributed by atoms with Crippen LogP contribution in [0.5, 0.6) is 5.95 Å². The number of anilines is 1. The fourth-order valence-electron chi connectivity index (χ4n) is 2.36. The van der Waals surface area contributed by atoms with Gasteiger partial charge in [-0.3, -0.25) is 4.79 Å². The van der Waals surface area contributed by atoms with Crippen molar-refractivity contribution in [3.05, 3.63) is 59.2 Å². The summed E-state index contributed by atoms with van der Waals surface area (Å²) in [5.74, 6) is -0.682. The van der Waals surface area contributed by atoms with Crippen molar-refractivity contribution < 1.29 is 19.1 Å². The van der Waals surface area contributed by atoms with Gasteiger partial charge in [-0.15, -0.1) is 0 Å². The fourth-order valence-corrected chi connectivity index (χ4v) is 3.12. The van der Waals surface area contributed by atoms with Crippen molar-refractivity contribution in [2.45, 2.75) is 25.8 Å². The topological polar surface area (TPSA) is 82.1 Å². The number of aryl methyl sites for hydroxylation is 3. The van der Waals surface area contributed by atoms with Gasteiger partial charge in [0.25, 0.3) is 5.03 Å². The predicted molar refractivity (Wildman–Crippen MR) is 97.5 cm³/mol. The molecule has 0 atom stereocenters. The van der Waals surface area contributed by atoms with E-state index in [1.807, 2.05) is 63.2 Å². The van der Waals surface area contributed by atoms with Gasteiger partial charge in [-0.25, -0.2) is 0 Å². The summed E-state index contributed by atoms with van der Waals surface area (Å²) in [7, 11) is 0. The van der Waals surface area contributed by atoms with Crippen LogP contribution < -0.4 is 15.1 Å². The van der Waals surface area contributed by atoms with Crippen molar-refractivity contribution in [2.24, 2.45) is 0 Å². The molecule has 0 bridgehead atoms. The molecule has 1 N–H and O–H groups in total. The zero-order valence-electron chi connectivity index (χ0n) is 14.8. The second-order valence-electron chi connectivity index (χ2n) is 6.05. The third-order valence-corrected chi connectivity index (χ3v) is 5.00. The van der Waals surface area contributed by atoms with Gasteiger partial charge in [-0.2, -0.15) is 0 Å². The number of carbonyl (C=O) groups is 1. The molecular formula is C19H19N3O3S. The molecule has 3 aromatic rings. The molecule has 0 aliphatic rings. The smallest absolute Gasteiger partial charge is 0.298 e. The zero-order chi connectivity index (χ0) is 18.7. The van der Waals surface area contributed by atoms with E-state index in [0.29, 0.717) is 5.69 Å². The van der Waals surface area contributed by atoms with E-state index in [1.165, 1.54) is 4.68 Å². The maximum absolute atomic E-state index is 12.2. The number of hydrogen-bond acceptors (Lipinski definition) is 5. The normalized spacial score (nSPS) is 10.7. The quantitative estimate of drug-likeness (QED) is 0.552. The van der Waals surface area contributed by atoms with Crippen LogP contribution in [0.1, 0.15) is 16.7 Å². The molecule has 0 spiro atoms. The zero-order valence-corrected chi connectivity index (χ0v) is 15.6. The van der Waals surface area contributed by atoms with E-state index >= 15 is 0 Å². The lowest BCUT2D eigenvalue weighted by atomic mass is 10.1. The summed E-state index contributed by atoms with van der Waals surface area (Å²) >= 11 is 1.10. The van der Waals surface area contributed by atoms with E-state index in [2.05, 4.69) is 10.6 Å². The van der Waals surface area contributed by atoms with Gasteiger partial charge in [-0.1, -0.05) is 23.8 Å². The minimum absolute atomic E-state index is 0.0786. The molecule has 2 aromatic carbocycles. The first-order valence-electron chi connectivity index (χ1n) is 8.10. The van der Waals surface area contributed by atoms with Crippen molar-refractivity contribution in [3.63, 3.8) is 0 Å². The molecule has 3 rings (SSSR count). The Morgan fingerprint density at radius 1 is 1.15 bits per heavy atom. The molecule has 1 aromatic heterocycles. The van der Waals surface area contributed by atoms with Crippen molar-refractivity contribution in [1.29, 1.82) is 0 Å².